The number of carbonyl (C=O) groups excluding carboxylic acids is 1. The molecule has 0 aromatic heterocycles. The number of aliphatic hydroxyl groups is 14. The molecule has 0 aromatic carbocycles. The molecule has 36 unspecified atom stereocenters. The fraction of sp³-hybridized carbons (Fsp3) is 0.982. The van der Waals surface area contributed by atoms with E-state index in [1.54, 1.807) is 0 Å². The molecule has 83 heavy (non-hydrogen) atoms. The predicted octanol–water partition coefficient (Wildman–Crippen LogP) is -4.24. The van der Waals surface area contributed by atoms with E-state index >= 15 is 0 Å². The number of rotatable bonds is 13. The monoisotopic (exact) mass is 1190 g/mol. The van der Waals surface area contributed by atoms with E-state index in [0.29, 0.717) is 49.9 Å². The molecule has 1 spiro atoms. The Bertz CT molecular complexity index is 2210. The number of Topliss-reactive ketones (excluding diaryl/α,β-unsaturated/α-hetero) is 1. The van der Waals surface area contributed by atoms with Gasteiger partial charge in [-0.1, -0.05) is 27.7 Å². The number of carbonyl (C=O) groups is 1. The van der Waals surface area contributed by atoms with Crippen LogP contribution in [0.15, 0.2) is 0 Å². The number of hydrogen-bond donors (Lipinski definition) is 14. The van der Waals surface area contributed by atoms with E-state index in [9.17, 15) is 76.3 Å². The van der Waals surface area contributed by atoms with Gasteiger partial charge in [-0.2, -0.15) is 0 Å². The van der Waals surface area contributed by atoms with Gasteiger partial charge >= 0.3 is 0 Å². The molecular formula is C56H90O27. The lowest BCUT2D eigenvalue weighted by atomic mass is 9.44. The summed E-state index contributed by atoms with van der Waals surface area (Å²) in [7, 11) is 0. The van der Waals surface area contributed by atoms with Gasteiger partial charge in [0.05, 0.1) is 51.3 Å². The van der Waals surface area contributed by atoms with E-state index in [1.807, 2.05) is 0 Å². The van der Waals surface area contributed by atoms with Gasteiger partial charge < -0.3 is 128 Å². The average molecular weight is 1200 g/mol. The van der Waals surface area contributed by atoms with E-state index < -0.39 is 191 Å². The molecule has 0 amide bonds. The molecule has 27 nitrogen and oxygen atoms in total. The first kappa shape index (κ1) is 63.2. The van der Waals surface area contributed by atoms with E-state index in [1.165, 1.54) is 6.92 Å². The molecule has 14 N–H and O–H groups in total. The zero-order chi connectivity index (χ0) is 59.5. The lowest BCUT2D eigenvalue weighted by molar-refractivity contribution is -0.410. The van der Waals surface area contributed by atoms with Crippen molar-refractivity contribution in [3.8, 4) is 0 Å². The maximum absolute atomic E-state index is 14.9. The van der Waals surface area contributed by atoms with Crippen LogP contribution in [-0.4, -0.2) is 276 Å². The van der Waals surface area contributed by atoms with Gasteiger partial charge in [0, 0.05) is 30.1 Å². The fourth-order valence-electron chi connectivity index (χ4n) is 17.0. The Balaban J connectivity index is 0.842. The lowest BCUT2D eigenvalue weighted by Crippen LogP contribution is -2.69. The predicted molar refractivity (Wildman–Crippen MR) is 274 cm³/mol. The second kappa shape index (κ2) is 24.4. The Hall–Kier alpha value is -1.37. The van der Waals surface area contributed by atoms with E-state index in [4.69, 9.17) is 56.8 Å². The van der Waals surface area contributed by atoms with Gasteiger partial charge in [0.2, 0.25) is 0 Å². The summed E-state index contributed by atoms with van der Waals surface area (Å²) >= 11 is 0. The average Bonchev–Trinajstić information content (AvgIpc) is 1.62. The first-order chi connectivity index (χ1) is 39.4. The summed E-state index contributed by atoms with van der Waals surface area (Å²) in [5.74, 6) is 0.915. The van der Waals surface area contributed by atoms with Gasteiger partial charge in [-0.3, -0.25) is 4.79 Å². The summed E-state index contributed by atoms with van der Waals surface area (Å²) < 4.78 is 74.6. The van der Waals surface area contributed by atoms with E-state index in [0.717, 1.165) is 32.1 Å². The molecule has 0 aromatic rings. The second-order valence-electron chi connectivity index (χ2n) is 26.5. The van der Waals surface area contributed by atoms with Crippen LogP contribution < -0.4 is 0 Å². The van der Waals surface area contributed by atoms with Crippen molar-refractivity contribution in [3.05, 3.63) is 0 Å². The topological polar surface area (TPSA) is 411 Å². The third-order valence-corrected chi connectivity index (χ3v) is 21.9. The first-order valence-corrected chi connectivity index (χ1v) is 30.1. The highest BCUT2D eigenvalue weighted by Gasteiger charge is 2.72. The maximum atomic E-state index is 14.9. The Morgan fingerprint density at radius 2 is 1.13 bits per heavy atom. The molecule has 4 aliphatic carbocycles. The summed E-state index contributed by atoms with van der Waals surface area (Å²) in [4.78, 5) is 14.9. The van der Waals surface area contributed by atoms with Crippen molar-refractivity contribution in [2.45, 2.75) is 258 Å². The highest BCUT2D eigenvalue weighted by molar-refractivity contribution is 5.87. The quantitative estimate of drug-likeness (QED) is 0.0777. The van der Waals surface area contributed by atoms with E-state index in [2.05, 4.69) is 27.7 Å². The Kier molecular flexibility index (Phi) is 18.6. The number of hydrogen-bond acceptors (Lipinski definition) is 27. The molecular weight excluding hydrogens is 1100 g/mol. The zero-order valence-electron chi connectivity index (χ0n) is 47.5. The fourth-order valence-corrected chi connectivity index (χ4v) is 17.0. The van der Waals surface area contributed by atoms with Crippen LogP contribution in [0.25, 0.3) is 0 Å². The van der Waals surface area contributed by atoms with Crippen molar-refractivity contribution < 1.29 is 133 Å². The summed E-state index contributed by atoms with van der Waals surface area (Å²) in [5, 5.41) is 153. The van der Waals surface area contributed by atoms with Crippen molar-refractivity contribution in [2.75, 3.05) is 33.0 Å². The minimum atomic E-state index is -2.05. The maximum Gasteiger partial charge on any atom is 0.187 e. The molecule has 476 valence electrons. The van der Waals surface area contributed by atoms with Gasteiger partial charge in [-0.15, -0.1) is 0 Å². The summed E-state index contributed by atoms with van der Waals surface area (Å²) in [5.41, 5.74) is -0.774. The molecule has 0 radical (unpaired) electrons. The van der Waals surface area contributed by atoms with Crippen molar-refractivity contribution in [3.63, 3.8) is 0 Å². The second-order valence-corrected chi connectivity index (χ2v) is 26.5. The molecule has 7 saturated heterocycles. The number of fused-ring (bicyclic) bond motifs is 7. The number of ketones is 1. The van der Waals surface area contributed by atoms with Gasteiger partial charge in [0.25, 0.3) is 0 Å². The molecule has 7 heterocycles. The van der Waals surface area contributed by atoms with Crippen molar-refractivity contribution in [2.24, 2.45) is 52.3 Å². The van der Waals surface area contributed by atoms with Crippen molar-refractivity contribution in [1.29, 1.82) is 0 Å². The van der Waals surface area contributed by atoms with Crippen molar-refractivity contribution >= 4 is 5.78 Å². The third kappa shape index (κ3) is 10.9. The van der Waals surface area contributed by atoms with Gasteiger partial charge in [0.1, 0.15) is 116 Å². The molecule has 11 aliphatic rings. The molecule has 0 bridgehead atoms. The van der Waals surface area contributed by atoms with Crippen LogP contribution in [0.3, 0.4) is 0 Å². The van der Waals surface area contributed by atoms with Crippen LogP contribution in [0.5, 0.6) is 0 Å². The Labute approximate surface area is 480 Å². The largest absolute Gasteiger partial charge is 0.394 e. The minimum absolute atomic E-state index is 0.0569. The molecule has 11 fully saturated rings. The Morgan fingerprint density at radius 3 is 1.82 bits per heavy atom. The lowest BCUT2D eigenvalue weighted by Gasteiger charge is -2.61. The van der Waals surface area contributed by atoms with Crippen LogP contribution in [0.1, 0.15) is 92.4 Å². The molecule has 36 atom stereocenters. The van der Waals surface area contributed by atoms with E-state index in [-0.39, 0.29) is 41.1 Å². The van der Waals surface area contributed by atoms with Crippen LogP contribution in [-0.2, 0) is 61.6 Å². The molecule has 11 rings (SSSR count). The SMILES string of the molecule is CC1CCC2(OC1)OC1CC3C4CCC5CC(OC6OC(CO)C(OC7OC(CO)C(O)C(OC8OC(CO)C(O)C(O)C8O)C7OC7OCC(O)C(O)C7O)C(O)C6OC6OC(C)C(O)C(O)C6O)CCC5(C)C4CC(=O)C3(C)C1C2C. The normalized spacial score (nSPS) is 57.4. The van der Waals surface area contributed by atoms with Gasteiger partial charge in [-0.05, 0) is 86.9 Å². The van der Waals surface area contributed by atoms with Crippen molar-refractivity contribution in [1.82, 2.24) is 0 Å². The highest BCUT2D eigenvalue weighted by Crippen LogP contribution is 2.70. The molecule has 27 heteroatoms. The summed E-state index contributed by atoms with van der Waals surface area (Å²) in [6.45, 7) is 7.66. The standard InChI is InChI=1S/C56H90O27/c1-20-8-11-56(73-18-20)21(2)34-29(83-56)13-27-25-7-6-23-12-24(9-10-54(23,4)26(25)14-33(61)55(27,34)5)75-52-47(81-50-42(69)39(66)35(62)22(3)74-50)44(71)45(32(17-59)78-52)79-53-48(82-49-41(68)36(63)28(60)19-72-49)46(38(65)31(16-58)77-53)80-51-43(70)40(67)37(64)30(15-57)76-51/h20-32,34-53,57-60,62-71H,6-19H2,1-5H3. The van der Waals surface area contributed by atoms with Gasteiger partial charge in [-0.25, -0.2) is 0 Å². The van der Waals surface area contributed by atoms with Gasteiger partial charge in [0.15, 0.2) is 37.2 Å². The van der Waals surface area contributed by atoms with Crippen LogP contribution in [0.4, 0.5) is 0 Å². The third-order valence-electron chi connectivity index (χ3n) is 21.9. The number of ether oxygens (including phenoxy) is 12. The van der Waals surface area contributed by atoms with Crippen LogP contribution in [0.2, 0.25) is 0 Å². The smallest absolute Gasteiger partial charge is 0.187 e. The first-order valence-electron chi connectivity index (χ1n) is 30.1. The minimum Gasteiger partial charge on any atom is -0.394 e. The molecule has 7 aliphatic heterocycles. The zero-order valence-corrected chi connectivity index (χ0v) is 47.5. The molecule has 4 saturated carbocycles. The summed E-state index contributed by atoms with van der Waals surface area (Å²) in [6.07, 6.45) is -36.8. The number of aliphatic hydroxyl groups excluding tert-OH is 14. The highest BCUT2D eigenvalue weighted by atomic mass is 16.8. The van der Waals surface area contributed by atoms with Crippen LogP contribution >= 0.6 is 0 Å². The van der Waals surface area contributed by atoms with Crippen LogP contribution in [0, 0.1) is 52.3 Å². The Morgan fingerprint density at radius 1 is 0.530 bits per heavy atom. The summed E-state index contributed by atoms with van der Waals surface area (Å²) in [6, 6.07) is 0.